The quantitative estimate of drug-likeness (QED) is 0.679. The summed E-state index contributed by atoms with van der Waals surface area (Å²) in [6.07, 6.45) is 2.83. The molecule has 3 heteroatoms. The van der Waals surface area contributed by atoms with Gasteiger partial charge in [0.05, 0.1) is 0 Å². The Kier molecular flexibility index (Phi) is 3.00. The summed E-state index contributed by atoms with van der Waals surface area (Å²) in [6.45, 7) is 1.00. The Morgan fingerprint density at radius 3 is 2.13 bits per heavy atom. The smallest absolute Gasteiger partial charge is 0.240 e. The molecule has 0 radical (unpaired) electrons. The number of rotatable bonds is 2. The van der Waals surface area contributed by atoms with E-state index in [2.05, 4.69) is 0 Å². The van der Waals surface area contributed by atoms with Crippen molar-refractivity contribution in [3.63, 3.8) is 0 Å². The zero-order valence-electron chi connectivity index (χ0n) is 8.63. The molecule has 1 saturated heterocycles. The highest BCUT2D eigenvalue weighted by molar-refractivity contribution is 5.19. The van der Waals surface area contributed by atoms with Gasteiger partial charge in [-0.25, -0.2) is 4.90 Å². The maximum Gasteiger partial charge on any atom is 0.331 e. The fraction of sp³-hybridized carbons (Fsp3) is 0.500. The number of halogens is 2. The predicted molar refractivity (Wildman–Crippen MR) is 55.8 cm³/mol. The molecular weight excluding hydrogens is 196 g/mol. The summed E-state index contributed by atoms with van der Waals surface area (Å²) in [7, 11) is 0. The topological polar surface area (TPSA) is 3.24 Å². The van der Waals surface area contributed by atoms with Crippen LogP contribution in [0.4, 0.5) is 8.78 Å². The number of alkyl halides is 2. The molecule has 0 unspecified atom stereocenters. The van der Waals surface area contributed by atoms with Crippen LogP contribution in [-0.2, 0) is 6.05 Å². The van der Waals surface area contributed by atoms with Gasteiger partial charge < -0.3 is 0 Å². The van der Waals surface area contributed by atoms with Gasteiger partial charge in [-0.15, -0.1) is 0 Å². The first kappa shape index (κ1) is 10.6. The van der Waals surface area contributed by atoms with Gasteiger partial charge in [-0.2, -0.15) is 8.78 Å². The molecule has 82 valence electrons. The van der Waals surface area contributed by atoms with Crippen molar-refractivity contribution in [3.8, 4) is 0 Å². The van der Waals surface area contributed by atoms with E-state index in [1.54, 1.807) is 18.2 Å². The average molecular weight is 211 g/mol. The second-order valence-electron chi connectivity index (χ2n) is 3.95. The molecule has 1 aliphatic rings. The van der Waals surface area contributed by atoms with Crippen LogP contribution >= 0.6 is 0 Å². The fourth-order valence-corrected chi connectivity index (χ4v) is 2.00. The van der Waals surface area contributed by atoms with E-state index in [1.807, 2.05) is 0 Å². The molecule has 0 N–H and O–H groups in total. The number of hydrogen-bond acceptors (Lipinski definition) is 1. The van der Waals surface area contributed by atoms with Gasteiger partial charge >= 0.3 is 6.05 Å². The zero-order valence-corrected chi connectivity index (χ0v) is 8.63. The van der Waals surface area contributed by atoms with Crippen LogP contribution in [0.15, 0.2) is 30.3 Å². The van der Waals surface area contributed by atoms with E-state index in [0.29, 0.717) is 13.1 Å². The molecular formula is C12H15F2N. The molecule has 1 fully saturated rings. The van der Waals surface area contributed by atoms with E-state index >= 15 is 0 Å². The van der Waals surface area contributed by atoms with E-state index in [4.69, 9.17) is 0 Å². The van der Waals surface area contributed by atoms with E-state index < -0.39 is 6.05 Å². The first-order chi connectivity index (χ1) is 7.21. The highest BCUT2D eigenvalue weighted by atomic mass is 19.3. The predicted octanol–water partition coefficient (Wildman–Crippen LogP) is 3.22. The molecule has 0 aliphatic carbocycles. The van der Waals surface area contributed by atoms with Gasteiger partial charge in [0.25, 0.3) is 0 Å². The minimum Gasteiger partial charge on any atom is -0.240 e. The summed E-state index contributed by atoms with van der Waals surface area (Å²) in [5.74, 6) is 0. The third-order valence-corrected chi connectivity index (χ3v) is 2.87. The lowest BCUT2D eigenvalue weighted by Crippen LogP contribution is -2.42. The monoisotopic (exact) mass is 211 g/mol. The fourth-order valence-electron chi connectivity index (χ4n) is 2.00. The molecule has 2 rings (SSSR count). The third kappa shape index (κ3) is 2.17. The molecule has 0 saturated carbocycles. The van der Waals surface area contributed by atoms with Crippen LogP contribution in [0, 0.1) is 0 Å². The van der Waals surface area contributed by atoms with E-state index in [0.717, 1.165) is 19.3 Å². The van der Waals surface area contributed by atoms with Crippen LogP contribution in [0.1, 0.15) is 24.8 Å². The maximum absolute atomic E-state index is 14.0. The average Bonchev–Trinajstić information content (AvgIpc) is 2.31. The Bertz CT molecular complexity index is 305. The zero-order chi connectivity index (χ0) is 10.7. The summed E-state index contributed by atoms with van der Waals surface area (Å²) in [6, 6.07) is 5.26. The molecule has 0 spiro atoms. The molecule has 0 aromatic heterocycles. The van der Waals surface area contributed by atoms with Crippen molar-refractivity contribution in [1.82, 2.24) is 4.90 Å². The van der Waals surface area contributed by atoms with Crippen molar-refractivity contribution in [1.29, 1.82) is 0 Å². The number of nitrogens with zero attached hydrogens (tertiary/aromatic N) is 1. The van der Waals surface area contributed by atoms with Crippen LogP contribution in [0.5, 0.6) is 0 Å². The molecule has 15 heavy (non-hydrogen) atoms. The Hall–Kier alpha value is -0.960. The molecule has 1 aromatic carbocycles. The summed E-state index contributed by atoms with van der Waals surface area (Å²) in [5.41, 5.74) is 0.104. The number of piperidine rings is 1. The Labute approximate surface area is 88.7 Å². The van der Waals surface area contributed by atoms with Gasteiger partial charge in [-0.1, -0.05) is 36.8 Å². The van der Waals surface area contributed by atoms with Crippen LogP contribution in [-0.4, -0.2) is 18.0 Å². The van der Waals surface area contributed by atoms with Crippen molar-refractivity contribution in [3.05, 3.63) is 35.9 Å². The Morgan fingerprint density at radius 1 is 0.933 bits per heavy atom. The highest BCUT2D eigenvalue weighted by Gasteiger charge is 2.39. The second kappa shape index (κ2) is 4.27. The Balaban J connectivity index is 2.18. The number of hydrogen-bond donors (Lipinski definition) is 0. The lowest BCUT2D eigenvalue weighted by atomic mass is 10.1. The van der Waals surface area contributed by atoms with Crippen molar-refractivity contribution in [2.75, 3.05) is 13.1 Å². The Morgan fingerprint density at radius 2 is 1.53 bits per heavy atom. The van der Waals surface area contributed by atoms with Crippen molar-refractivity contribution in [2.45, 2.75) is 25.3 Å². The minimum atomic E-state index is -2.80. The SMILES string of the molecule is FC(F)(c1ccccc1)N1CCCCC1. The normalized spacial score (nSPS) is 19.1. The molecule has 1 aromatic rings. The van der Waals surface area contributed by atoms with Gasteiger partial charge in [0.2, 0.25) is 0 Å². The third-order valence-electron chi connectivity index (χ3n) is 2.87. The molecule has 0 atom stereocenters. The van der Waals surface area contributed by atoms with Crippen molar-refractivity contribution >= 4 is 0 Å². The van der Waals surface area contributed by atoms with Gasteiger partial charge in [0.15, 0.2) is 0 Å². The van der Waals surface area contributed by atoms with E-state index in [1.165, 1.54) is 17.0 Å². The first-order valence-electron chi connectivity index (χ1n) is 5.39. The molecule has 0 amide bonds. The van der Waals surface area contributed by atoms with Crippen LogP contribution in [0.2, 0.25) is 0 Å². The van der Waals surface area contributed by atoms with E-state index in [9.17, 15) is 8.78 Å². The largest absolute Gasteiger partial charge is 0.331 e. The second-order valence-corrected chi connectivity index (χ2v) is 3.95. The minimum absolute atomic E-state index is 0.104. The first-order valence-corrected chi connectivity index (χ1v) is 5.39. The van der Waals surface area contributed by atoms with Gasteiger partial charge in [0, 0.05) is 18.7 Å². The lowest BCUT2D eigenvalue weighted by Gasteiger charge is -2.34. The molecule has 1 nitrogen and oxygen atoms in total. The van der Waals surface area contributed by atoms with Crippen LogP contribution in [0.25, 0.3) is 0 Å². The summed E-state index contributed by atoms with van der Waals surface area (Å²) in [4.78, 5) is 1.28. The van der Waals surface area contributed by atoms with Gasteiger partial charge in [-0.3, -0.25) is 0 Å². The molecule has 1 heterocycles. The molecule has 1 aliphatic heterocycles. The summed E-state index contributed by atoms with van der Waals surface area (Å²) < 4.78 is 27.9. The van der Waals surface area contributed by atoms with E-state index in [-0.39, 0.29) is 5.56 Å². The standard InChI is InChI=1S/C12H15F2N/c13-12(14,11-7-3-1-4-8-11)15-9-5-2-6-10-15/h1,3-4,7-8H,2,5-6,9-10H2. The van der Waals surface area contributed by atoms with Gasteiger partial charge in [-0.05, 0) is 12.8 Å². The lowest BCUT2D eigenvalue weighted by molar-refractivity contribution is -0.161. The van der Waals surface area contributed by atoms with Gasteiger partial charge in [0.1, 0.15) is 0 Å². The summed E-state index contributed by atoms with van der Waals surface area (Å²) >= 11 is 0. The van der Waals surface area contributed by atoms with Crippen LogP contribution < -0.4 is 0 Å². The van der Waals surface area contributed by atoms with Crippen molar-refractivity contribution in [2.24, 2.45) is 0 Å². The summed E-state index contributed by atoms with van der Waals surface area (Å²) in [5, 5.41) is 0. The highest BCUT2D eigenvalue weighted by Crippen LogP contribution is 2.33. The molecule has 0 bridgehead atoms. The maximum atomic E-state index is 14.0. The number of benzene rings is 1. The van der Waals surface area contributed by atoms with Crippen molar-refractivity contribution < 1.29 is 8.78 Å². The number of likely N-dealkylation sites (tertiary alicyclic amines) is 1. The van der Waals surface area contributed by atoms with Crippen LogP contribution in [0.3, 0.4) is 0 Å².